The second-order valence-electron chi connectivity index (χ2n) is 5.02. The lowest BCUT2D eigenvalue weighted by Crippen LogP contribution is -2.31. The van der Waals surface area contributed by atoms with Crippen molar-refractivity contribution in [1.29, 1.82) is 5.26 Å². The third kappa shape index (κ3) is 2.00. The molecule has 8 nitrogen and oxygen atoms in total. The molecule has 2 aromatic rings. The van der Waals surface area contributed by atoms with Crippen molar-refractivity contribution in [3.05, 3.63) is 24.2 Å². The van der Waals surface area contributed by atoms with Crippen LogP contribution in [-0.2, 0) is 19.9 Å². The van der Waals surface area contributed by atoms with E-state index in [4.69, 9.17) is 23.1 Å². The number of anilines is 1. The van der Waals surface area contributed by atoms with E-state index in [2.05, 4.69) is 16.2 Å². The zero-order valence-electron chi connectivity index (χ0n) is 11.5. The molecule has 2 N–H and O–H groups in total. The summed E-state index contributed by atoms with van der Waals surface area (Å²) in [7, 11) is 6.13. The van der Waals surface area contributed by atoms with Gasteiger partial charge in [0.25, 0.3) is 6.47 Å². The molecule has 0 spiro atoms. The van der Waals surface area contributed by atoms with E-state index >= 15 is 0 Å². The Morgan fingerprint density at radius 3 is 3.23 bits per heavy atom. The second kappa shape index (κ2) is 5.31. The number of fused-ring (bicyclic) bond motifs is 1. The van der Waals surface area contributed by atoms with Gasteiger partial charge in [0, 0.05) is 0 Å². The number of carbonyl (C=O) groups is 1. The Labute approximate surface area is 127 Å². The van der Waals surface area contributed by atoms with Gasteiger partial charge in [-0.2, -0.15) is 10.4 Å². The fourth-order valence-corrected chi connectivity index (χ4v) is 2.75. The summed E-state index contributed by atoms with van der Waals surface area (Å²) in [5.74, 6) is -0.297. The molecule has 1 aliphatic heterocycles. The number of carbonyl (C=O) groups excluding carboxylic acids is 1. The molecule has 1 unspecified atom stereocenters. The molecule has 0 bridgehead atoms. The lowest BCUT2D eigenvalue weighted by Gasteiger charge is -2.25. The zero-order valence-corrected chi connectivity index (χ0v) is 11.5. The van der Waals surface area contributed by atoms with Gasteiger partial charge in [-0.1, -0.05) is 0 Å². The largest absolute Gasteiger partial charge is 0.465 e. The summed E-state index contributed by atoms with van der Waals surface area (Å²) in [6.07, 6.45) is 1.23. The van der Waals surface area contributed by atoms with E-state index in [1.807, 2.05) is 0 Å². The van der Waals surface area contributed by atoms with Crippen LogP contribution in [-0.4, -0.2) is 41.6 Å². The van der Waals surface area contributed by atoms with Gasteiger partial charge in [-0.05, 0) is 24.4 Å². The predicted molar refractivity (Wildman–Crippen MR) is 75.7 cm³/mol. The Morgan fingerprint density at radius 1 is 1.68 bits per heavy atom. The lowest BCUT2D eigenvalue weighted by molar-refractivity contribution is -0.133. The smallest absolute Gasteiger partial charge is 0.293 e. The Morgan fingerprint density at radius 2 is 2.50 bits per heavy atom. The van der Waals surface area contributed by atoms with Crippen LogP contribution in [0.15, 0.2) is 18.5 Å². The Hall–Kier alpha value is -2.60. The van der Waals surface area contributed by atoms with Crippen molar-refractivity contribution in [1.82, 2.24) is 14.6 Å². The molecule has 0 saturated carbocycles. The number of nitrogens with two attached hydrogens (primary N) is 1. The highest BCUT2D eigenvalue weighted by atomic mass is 16.6. The van der Waals surface area contributed by atoms with Crippen LogP contribution in [0.2, 0.25) is 5.82 Å². The fraction of sp³-hybridized carbons (Fsp3) is 0.385. The SMILES string of the molecule is [B][C@H]1C[C@@H](COC=O)OC1(C#N)c1ccc2c(N)ncnn12. The summed E-state index contributed by atoms with van der Waals surface area (Å²) in [6.45, 7) is 0.378. The van der Waals surface area contributed by atoms with Crippen molar-refractivity contribution in [3.63, 3.8) is 0 Å². The van der Waals surface area contributed by atoms with Gasteiger partial charge >= 0.3 is 0 Å². The van der Waals surface area contributed by atoms with E-state index in [9.17, 15) is 10.1 Å². The van der Waals surface area contributed by atoms with Crippen LogP contribution in [0.3, 0.4) is 0 Å². The molecule has 1 saturated heterocycles. The van der Waals surface area contributed by atoms with Gasteiger partial charge in [-0.3, -0.25) is 4.79 Å². The minimum absolute atomic E-state index is 0.0427. The number of nitriles is 1. The zero-order chi connectivity index (χ0) is 15.7. The first-order valence-electron chi connectivity index (χ1n) is 6.61. The molecule has 0 amide bonds. The van der Waals surface area contributed by atoms with Crippen LogP contribution in [0, 0.1) is 11.3 Å². The van der Waals surface area contributed by atoms with Gasteiger partial charge in [-0.25, -0.2) is 9.50 Å². The maximum atomic E-state index is 10.3. The highest BCUT2D eigenvalue weighted by Crippen LogP contribution is 2.46. The van der Waals surface area contributed by atoms with Crippen LogP contribution in [0.1, 0.15) is 12.1 Å². The summed E-state index contributed by atoms with van der Waals surface area (Å²) < 4.78 is 12.0. The van der Waals surface area contributed by atoms with Crippen LogP contribution in [0.5, 0.6) is 0 Å². The Balaban J connectivity index is 2.04. The highest BCUT2D eigenvalue weighted by molar-refractivity contribution is 6.13. The van der Waals surface area contributed by atoms with Crippen LogP contribution in [0.25, 0.3) is 5.52 Å². The van der Waals surface area contributed by atoms with Gasteiger partial charge in [-0.15, -0.1) is 0 Å². The number of nitrogen functional groups attached to an aromatic ring is 1. The van der Waals surface area contributed by atoms with E-state index in [0.717, 1.165) is 0 Å². The average Bonchev–Trinajstić information content (AvgIpc) is 3.08. The van der Waals surface area contributed by atoms with Crippen LogP contribution >= 0.6 is 0 Å². The van der Waals surface area contributed by atoms with Crippen molar-refractivity contribution in [2.45, 2.75) is 23.9 Å². The molecule has 0 aliphatic carbocycles. The van der Waals surface area contributed by atoms with Crippen molar-refractivity contribution in [2.24, 2.45) is 0 Å². The molecule has 2 aromatic heterocycles. The first kappa shape index (κ1) is 14.3. The normalized spacial score (nSPS) is 27.6. The van der Waals surface area contributed by atoms with Crippen LogP contribution < -0.4 is 5.73 Å². The highest BCUT2D eigenvalue weighted by Gasteiger charge is 2.49. The number of nitrogens with zero attached hydrogens (tertiary/aromatic N) is 4. The molecule has 3 atom stereocenters. The number of aromatic nitrogens is 3. The number of hydrogen-bond donors (Lipinski definition) is 1. The van der Waals surface area contributed by atoms with E-state index in [-0.39, 0.29) is 6.61 Å². The van der Waals surface area contributed by atoms with E-state index in [1.54, 1.807) is 12.1 Å². The van der Waals surface area contributed by atoms with Crippen molar-refractivity contribution in [2.75, 3.05) is 12.3 Å². The average molecular weight is 297 g/mol. The number of ether oxygens (including phenoxy) is 2. The molecule has 22 heavy (non-hydrogen) atoms. The minimum atomic E-state index is -1.38. The van der Waals surface area contributed by atoms with E-state index in [1.165, 1.54) is 10.8 Å². The molecule has 1 aliphatic rings. The third-order valence-corrected chi connectivity index (χ3v) is 3.77. The Kier molecular flexibility index (Phi) is 3.46. The summed E-state index contributed by atoms with van der Waals surface area (Å²) in [4.78, 5) is 14.2. The molecule has 1 fully saturated rings. The molecular weight excluding hydrogens is 285 g/mol. The molecule has 2 radical (unpaired) electrons. The molecule has 110 valence electrons. The van der Waals surface area contributed by atoms with Gasteiger partial charge < -0.3 is 15.2 Å². The number of hydrogen-bond acceptors (Lipinski definition) is 7. The molecule has 3 heterocycles. The minimum Gasteiger partial charge on any atom is -0.465 e. The van der Waals surface area contributed by atoms with Crippen molar-refractivity contribution >= 4 is 25.7 Å². The maximum absolute atomic E-state index is 10.3. The van der Waals surface area contributed by atoms with E-state index in [0.29, 0.717) is 29.9 Å². The van der Waals surface area contributed by atoms with Gasteiger partial charge in [0.05, 0.1) is 19.6 Å². The summed E-state index contributed by atoms with van der Waals surface area (Å²) in [5.41, 5.74) is 5.45. The summed E-state index contributed by atoms with van der Waals surface area (Å²) in [6, 6.07) is 5.52. The predicted octanol–water partition coefficient (Wildman–Crippen LogP) is -0.0507. The molecule has 0 aromatic carbocycles. The summed E-state index contributed by atoms with van der Waals surface area (Å²) >= 11 is 0. The van der Waals surface area contributed by atoms with Gasteiger partial charge in [0.2, 0.25) is 0 Å². The van der Waals surface area contributed by atoms with Crippen molar-refractivity contribution in [3.8, 4) is 6.07 Å². The first-order valence-corrected chi connectivity index (χ1v) is 6.61. The topological polar surface area (TPSA) is 116 Å². The Bertz CT molecular complexity index is 758. The quantitative estimate of drug-likeness (QED) is 0.621. The second-order valence-corrected chi connectivity index (χ2v) is 5.02. The lowest BCUT2D eigenvalue weighted by atomic mass is 9.71. The van der Waals surface area contributed by atoms with E-state index < -0.39 is 17.5 Å². The maximum Gasteiger partial charge on any atom is 0.293 e. The van der Waals surface area contributed by atoms with Gasteiger partial charge in [0.15, 0.2) is 11.4 Å². The fourth-order valence-electron chi connectivity index (χ4n) is 2.75. The molecule has 3 rings (SSSR count). The first-order chi connectivity index (χ1) is 10.6. The molecular formula is C13H12BN5O3. The number of rotatable bonds is 4. The monoisotopic (exact) mass is 297 g/mol. The van der Waals surface area contributed by atoms with Crippen molar-refractivity contribution < 1.29 is 14.3 Å². The molecule has 9 heteroatoms. The summed E-state index contributed by atoms with van der Waals surface area (Å²) in [5, 5.41) is 13.8. The van der Waals surface area contributed by atoms with Crippen LogP contribution in [0.4, 0.5) is 5.82 Å². The third-order valence-electron chi connectivity index (χ3n) is 3.77. The standard InChI is InChI=1S/C13H12BN5O3/c14-10-3-8(4-21-7-20)22-13(10,5-15)11-2-1-9-12(16)17-6-18-19(9)11/h1-2,6-8,10H,3-4H2,(H2,16,17,18)/t8-,10-,13?/m0/s1. The van der Waals surface area contributed by atoms with Gasteiger partial charge in [0.1, 0.15) is 24.5 Å².